The SMILES string of the molecule is CC(C)n1nc(C(=O)O)cc1NC(=O)OC(C)(C)C. The largest absolute Gasteiger partial charge is 0.476 e. The van der Waals surface area contributed by atoms with E-state index in [4.69, 9.17) is 9.84 Å². The van der Waals surface area contributed by atoms with Crippen LogP contribution in [0.5, 0.6) is 0 Å². The Morgan fingerprint density at radius 1 is 1.42 bits per heavy atom. The average Bonchev–Trinajstić information content (AvgIpc) is 2.58. The van der Waals surface area contributed by atoms with Crippen LogP contribution in [0.3, 0.4) is 0 Å². The Kier molecular flexibility index (Phi) is 4.18. The molecule has 1 aromatic heterocycles. The fourth-order valence-electron chi connectivity index (χ4n) is 1.39. The molecule has 0 fully saturated rings. The number of aromatic carboxylic acids is 1. The number of carbonyl (C=O) groups is 2. The molecule has 0 saturated carbocycles. The number of anilines is 1. The van der Waals surface area contributed by atoms with Crippen LogP contribution < -0.4 is 5.32 Å². The summed E-state index contributed by atoms with van der Waals surface area (Å²) >= 11 is 0. The summed E-state index contributed by atoms with van der Waals surface area (Å²) in [4.78, 5) is 22.5. The van der Waals surface area contributed by atoms with E-state index in [0.717, 1.165) is 0 Å². The van der Waals surface area contributed by atoms with Gasteiger partial charge in [-0.2, -0.15) is 5.10 Å². The molecule has 0 saturated heterocycles. The average molecular weight is 269 g/mol. The number of aromatic nitrogens is 2. The first-order chi connectivity index (χ1) is 8.60. The predicted molar refractivity (Wildman–Crippen MR) is 69.4 cm³/mol. The molecule has 2 N–H and O–H groups in total. The van der Waals surface area contributed by atoms with Crippen LogP contribution in [0.1, 0.15) is 51.1 Å². The number of rotatable bonds is 3. The number of amides is 1. The normalized spacial score (nSPS) is 11.5. The summed E-state index contributed by atoms with van der Waals surface area (Å²) in [6, 6.07) is 1.21. The number of hydrogen-bond acceptors (Lipinski definition) is 4. The Labute approximate surface area is 111 Å². The first-order valence-corrected chi connectivity index (χ1v) is 5.93. The molecule has 0 spiro atoms. The Hall–Kier alpha value is -2.05. The fraction of sp³-hybridized carbons (Fsp3) is 0.583. The molecule has 0 aliphatic rings. The zero-order valence-electron chi connectivity index (χ0n) is 11.7. The zero-order chi connectivity index (χ0) is 14.8. The lowest BCUT2D eigenvalue weighted by atomic mass is 10.2. The highest BCUT2D eigenvalue weighted by molar-refractivity contribution is 5.89. The van der Waals surface area contributed by atoms with Gasteiger partial charge in [0.15, 0.2) is 5.69 Å². The second-order valence-corrected chi connectivity index (χ2v) is 5.39. The molecule has 0 unspecified atom stereocenters. The van der Waals surface area contributed by atoms with E-state index < -0.39 is 17.7 Å². The monoisotopic (exact) mass is 269 g/mol. The molecule has 1 heterocycles. The molecule has 1 aromatic rings. The molecule has 19 heavy (non-hydrogen) atoms. The minimum absolute atomic E-state index is 0.0852. The van der Waals surface area contributed by atoms with Gasteiger partial charge >= 0.3 is 12.1 Å². The number of carboxylic acid groups (broad SMARTS) is 1. The topological polar surface area (TPSA) is 93.5 Å². The quantitative estimate of drug-likeness (QED) is 0.879. The third-order valence-corrected chi connectivity index (χ3v) is 2.07. The molecule has 7 nitrogen and oxygen atoms in total. The van der Waals surface area contributed by atoms with E-state index in [9.17, 15) is 9.59 Å². The van der Waals surface area contributed by atoms with E-state index in [1.807, 2.05) is 13.8 Å². The molecule has 1 amide bonds. The van der Waals surface area contributed by atoms with Crippen molar-refractivity contribution in [3.63, 3.8) is 0 Å². The van der Waals surface area contributed by atoms with Crippen LogP contribution in [0.25, 0.3) is 0 Å². The van der Waals surface area contributed by atoms with E-state index in [2.05, 4.69) is 10.4 Å². The number of carbonyl (C=O) groups excluding carboxylic acids is 1. The van der Waals surface area contributed by atoms with E-state index in [1.165, 1.54) is 10.7 Å². The second kappa shape index (κ2) is 5.29. The Balaban J connectivity index is 2.93. The van der Waals surface area contributed by atoms with Gasteiger partial charge in [-0.3, -0.25) is 5.32 Å². The Morgan fingerprint density at radius 2 is 2.00 bits per heavy atom. The van der Waals surface area contributed by atoms with Gasteiger partial charge in [-0.25, -0.2) is 14.3 Å². The summed E-state index contributed by atoms with van der Waals surface area (Å²) in [6.45, 7) is 8.90. The maximum Gasteiger partial charge on any atom is 0.413 e. The van der Waals surface area contributed by atoms with Crippen LogP contribution in [-0.4, -0.2) is 32.6 Å². The van der Waals surface area contributed by atoms with Crippen LogP contribution >= 0.6 is 0 Å². The minimum atomic E-state index is -1.15. The molecule has 0 aliphatic carbocycles. The minimum Gasteiger partial charge on any atom is -0.476 e. The molecule has 106 valence electrons. The molecule has 0 aliphatic heterocycles. The van der Waals surface area contributed by atoms with Gasteiger partial charge in [0.2, 0.25) is 0 Å². The van der Waals surface area contributed by atoms with Gasteiger partial charge in [0.05, 0.1) is 0 Å². The van der Waals surface area contributed by atoms with Gasteiger partial charge in [-0.1, -0.05) is 0 Å². The first-order valence-electron chi connectivity index (χ1n) is 5.93. The van der Waals surface area contributed by atoms with Crippen molar-refractivity contribution in [1.82, 2.24) is 9.78 Å². The van der Waals surface area contributed by atoms with Crippen molar-refractivity contribution in [2.45, 2.75) is 46.3 Å². The maximum atomic E-state index is 11.7. The lowest BCUT2D eigenvalue weighted by molar-refractivity contribution is 0.0632. The van der Waals surface area contributed by atoms with E-state index >= 15 is 0 Å². The molecule has 0 atom stereocenters. The van der Waals surface area contributed by atoms with Gasteiger partial charge in [0.25, 0.3) is 0 Å². The smallest absolute Gasteiger partial charge is 0.413 e. The highest BCUT2D eigenvalue weighted by Gasteiger charge is 2.20. The fourth-order valence-corrected chi connectivity index (χ4v) is 1.39. The summed E-state index contributed by atoms with van der Waals surface area (Å²) in [5.41, 5.74) is -0.748. The van der Waals surface area contributed by atoms with Crippen molar-refractivity contribution >= 4 is 17.9 Å². The molecule has 0 bridgehead atoms. The third kappa shape index (κ3) is 4.27. The van der Waals surface area contributed by atoms with Gasteiger partial charge in [-0.15, -0.1) is 0 Å². The zero-order valence-corrected chi connectivity index (χ0v) is 11.7. The predicted octanol–water partition coefficient (Wildman–Crippen LogP) is 2.51. The third-order valence-electron chi connectivity index (χ3n) is 2.07. The van der Waals surface area contributed by atoms with Crippen molar-refractivity contribution in [3.8, 4) is 0 Å². The number of nitrogens with one attached hydrogen (secondary N) is 1. The summed E-state index contributed by atoms with van der Waals surface area (Å²) in [7, 11) is 0. The molecular weight excluding hydrogens is 250 g/mol. The van der Waals surface area contributed by atoms with Crippen molar-refractivity contribution in [2.24, 2.45) is 0 Å². The summed E-state index contributed by atoms with van der Waals surface area (Å²) < 4.78 is 6.53. The number of ether oxygens (including phenoxy) is 1. The van der Waals surface area contributed by atoms with Crippen molar-refractivity contribution in [1.29, 1.82) is 0 Å². The highest BCUT2D eigenvalue weighted by atomic mass is 16.6. The molecular formula is C12H19N3O4. The lowest BCUT2D eigenvalue weighted by Crippen LogP contribution is -2.28. The molecule has 1 rings (SSSR count). The maximum absolute atomic E-state index is 11.7. The Morgan fingerprint density at radius 3 is 2.42 bits per heavy atom. The molecule has 7 heteroatoms. The van der Waals surface area contributed by atoms with Crippen LogP contribution in [0.4, 0.5) is 10.6 Å². The van der Waals surface area contributed by atoms with Gasteiger partial charge in [0, 0.05) is 12.1 Å². The first kappa shape index (κ1) is 15.0. The Bertz CT molecular complexity index is 486. The lowest BCUT2D eigenvalue weighted by Gasteiger charge is -2.20. The van der Waals surface area contributed by atoms with Gasteiger partial charge in [-0.05, 0) is 34.6 Å². The van der Waals surface area contributed by atoms with Crippen molar-refractivity contribution < 1.29 is 19.4 Å². The highest BCUT2D eigenvalue weighted by Crippen LogP contribution is 2.18. The number of carboxylic acids is 1. The van der Waals surface area contributed by atoms with Gasteiger partial charge in [0.1, 0.15) is 11.4 Å². The van der Waals surface area contributed by atoms with Crippen LogP contribution in [0.2, 0.25) is 0 Å². The van der Waals surface area contributed by atoms with Crippen molar-refractivity contribution in [3.05, 3.63) is 11.8 Å². The standard InChI is InChI=1S/C12H19N3O4/c1-7(2)15-9(6-8(14-15)10(16)17)13-11(18)19-12(3,4)5/h6-7H,1-5H3,(H,13,18)(H,16,17). The second-order valence-electron chi connectivity index (χ2n) is 5.39. The number of nitrogens with zero attached hydrogens (tertiary/aromatic N) is 2. The molecule has 0 radical (unpaired) electrons. The van der Waals surface area contributed by atoms with Crippen LogP contribution in [0, 0.1) is 0 Å². The van der Waals surface area contributed by atoms with E-state index in [-0.39, 0.29) is 11.7 Å². The summed E-state index contributed by atoms with van der Waals surface area (Å²) in [5.74, 6) is -0.853. The summed E-state index contributed by atoms with van der Waals surface area (Å²) in [5, 5.41) is 15.3. The van der Waals surface area contributed by atoms with E-state index in [1.54, 1.807) is 20.8 Å². The van der Waals surface area contributed by atoms with Crippen LogP contribution in [0.15, 0.2) is 6.07 Å². The van der Waals surface area contributed by atoms with E-state index in [0.29, 0.717) is 5.82 Å². The molecule has 0 aromatic carbocycles. The number of hydrogen-bond donors (Lipinski definition) is 2. The summed E-state index contributed by atoms with van der Waals surface area (Å²) in [6.07, 6.45) is -0.647. The van der Waals surface area contributed by atoms with Gasteiger partial charge < -0.3 is 9.84 Å². The van der Waals surface area contributed by atoms with Crippen molar-refractivity contribution in [2.75, 3.05) is 5.32 Å². The van der Waals surface area contributed by atoms with Crippen LogP contribution in [-0.2, 0) is 4.74 Å².